The van der Waals surface area contributed by atoms with E-state index < -0.39 is 0 Å². The molecule has 2 heterocycles. The number of esters is 1. The van der Waals surface area contributed by atoms with Gasteiger partial charge in [0.15, 0.2) is 0 Å². The van der Waals surface area contributed by atoms with Gasteiger partial charge in [-0.2, -0.15) is 5.10 Å². The molecule has 1 aromatic heterocycles. The Hall–Kier alpha value is -2.99. The summed E-state index contributed by atoms with van der Waals surface area (Å²) in [4.78, 5) is 11.9. The van der Waals surface area contributed by atoms with Gasteiger partial charge < -0.3 is 9.30 Å². The average molecular weight is 391 g/mol. The first-order chi connectivity index (χ1) is 13.6. The lowest BCUT2D eigenvalue weighted by molar-refractivity contribution is 0.0600. The number of nitrogens with one attached hydrogen (secondary N) is 1. The maximum absolute atomic E-state index is 11.9. The topological polar surface area (TPSA) is 55.6 Å². The van der Waals surface area contributed by atoms with Crippen molar-refractivity contribution in [1.82, 2.24) is 9.99 Å². The molecule has 2 aromatic carbocycles. The van der Waals surface area contributed by atoms with Crippen molar-refractivity contribution in [3.63, 3.8) is 0 Å². The molecular formula is C22H21N3O2S. The first-order valence-electron chi connectivity index (χ1n) is 9.01. The van der Waals surface area contributed by atoms with E-state index >= 15 is 0 Å². The van der Waals surface area contributed by atoms with Crippen molar-refractivity contribution in [3.8, 4) is 5.69 Å². The molecule has 0 saturated heterocycles. The zero-order valence-electron chi connectivity index (χ0n) is 16.0. The van der Waals surface area contributed by atoms with Crippen LogP contribution in [0.4, 0.5) is 0 Å². The highest BCUT2D eigenvalue weighted by atomic mass is 32.2. The van der Waals surface area contributed by atoms with Gasteiger partial charge >= 0.3 is 5.97 Å². The van der Waals surface area contributed by atoms with Gasteiger partial charge in [-0.1, -0.05) is 48.2 Å². The number of hydrogen-bond acceptors (Lipinski definition) is 5. The van der Waals surface area contributed by atoms with Gasteiger partial charge in [-0.3, -0.25) is 5.43 Å². The Morgan fingerprint density at radius 3 is 2.64 bits per heavy atom. The Labute approximate surface area is 168 Å². The number of benzene rings is 2. The Morgan fingerprint density at radius 1 is 1.11 bits per heavy atom. The second-order valence-electron chi connectivity index (χ2n) is 6.61. The third-order valence-corrected chi connectivity index (χ3v) is 5.96. The largest absolute Gasteiger partial charge is 0.465 e. The van der Waals surface area contributed by atoms with E-state index in [0.29, 0.717) is 5.56 Å². The smallest absolute Gasteiger partial charge is 0.337 e. The molecule has 0 saturated carbocycles. The highest BCUT2D eigenvalue weighted by Gasteiger charge is 2.26. The van der Waals surface area contributed by atoms with Crippen LogP contribution in [-0.4, -0.2) is 22.7 Å². The van der Waals surface area contributed by atoms with Gasteiger partial charge in [-0.15, -0.1) is 0 Å². The zero-order valence-corrected chi connectivity index (χ0v) is 16.8. The lowest BCUT2D eigenvalue weighted by Crippen LogP contribution is -2.09. The van der Waals surface area contributed by atoms with Gasteiger partial charge in [0.2, 0.25) is 0 Å². The monoisotopic (exact) mass is 391 g/mol. The Morgan fingerprint density at radius 2 is 1.89 bits per heavy atom. The second-order valence-corrected chi connectivity index (χ2v) is 7.71. The van der Waals surface area contributed by atoms with E-state index in [9.17, 15) is 4.79 Å². The number of methoxy groups -OCH3 is 1. The highest BCUT2D eigenvalue weighted by Crippen LogP contribution is 2.37. The molecule has 0 fully saturated rings. The molecule has 1 atom stereocenters. The second kappa shape index (κ2) is 7.56. The minimum atomic E-state index is -0.335. The molecule has 6 heteroatoms. The summed E-state index contributed by atoms with van der Waals surface area (Å²) >= 11 is 1.71. The van der Waals surface area contributed by atoms with Gasteiger partial charge in [-0.05, 0) is 38.1 Å². The molecule has 142 valence electrons. The van der Waals surface area contributed by atoms with Crippen LogP contribution in [0.5, 0.6) is 0 Å². The van der Waals surface area contributed by atoms with Crippen LogP contribution in [0, 0.1) is 13.8 Å². The predicted octanol–water partition coefficient (Wildman–Crippen LogP) is 4.58. The average Bonchev–Trinajstić information content (AvgIpc) is 3.32. The van der Waals surface area contributed by atoms with Crippen LogP contribution in [0.1, 0.15) is 38.2 Å². The summed E-state index contributed by atoms with van der Waals surface area (Å²) in [5.41, 5.74) is 9.25. The molecule has 1 N–H and O–H groups in total. The van der Waals surface area contributed by atoms with E-state index in [1.807, 2.05) is 36.4 Å². The number of ether oxygens (including phenoxy) is 1. The summed E-state index contributed by atoms with van der Waals surface area (Å²) in [5.74, 6) is -0.335. The van der Waals surface area contributed by atoms with Gasteiger partial charge in [0, 0.05) is 28.2 Å². The van der Waals surface area contributed by atoms with E-state index in [-0.39, 0.29) is 11.3 Å². The molecule has 5 nitrogen and oxygen atoms in total. The van der Waals surface area contributed by atoms with Crippen LogP contribution >= 0.6 is 11.8 Å². The van der Waals surface area contributed by atoms with Crippen molar-refractivity contribution in [2.75, 3.05) is 7.11 Å². The van der Waals surface area contributed by atoms with Crippen molar-refractivity contribution in [1.29, 1.82) is 0 Å². The molecule has 1 aliphatic rings. The number of rotatable bonds is 4. The van der Waals surface area contributed by atoms with E-state index in [4.69, 9.17) is 4.74 Å². The van der Waals surface area contributed by atoms with E-state index in [0.717, 1.165) is 27.7 Å². The van der Waals surface area contributed by atoms with Crippen LogP contribution in [0.15, 0.2) is 65.8 Å². The third-order valence-electron chi connectivity index (χ3n) is 4.81. The van der Waals surface area contributed by atoms with E-state index in [2.05, 4.69) is 47.1 Å². The van der Waals surface area contributed by atoms with Crippen LogP contribution < -0.4 is 5.43 Å². The quantitative estimate of drug-likeness (QED) is 0.662. The number of aromatic nitrogens is 1. The number of carbonyl (C=O) groups is 1. The first-order valence-corrected chi connectivity index (χ1v) is 9.89. The number of carbonyl (C=O) groups excluding carboxylic acids is 1. The van der Waals surface area contributed by atoms with Gasteiger partial charge in [-0.25, -0.2) is 4.79 Å². The lowest BCUT2D eigenvalue weighted by atomic mass is 10.2. The molecule has 3 aromatic rings. The van der Waals surface area contributed by atoms with Crippen molar-refractivity contribution in [2.45, 2.75) is 19.2 Å². The Balaban J connectivity index is 1.64. The fourth-order valence-corrected chi connectivity index (χ4v) is 4.54. The fourth-order valence-electron chi connectivity index (χ4n) is 3.47. The number of nitrogens with zero attached hydrogens (tertiary/aromatic N) is 2. The van der Waals surface area contributed by atoms with Crippen LogP contribution in [0.25, 0.3) is 5.69 Å². The zero-order chi connectivity index (χ0) is 19.7. The summed E-state index contributed by atoms with van der Waals surface area (Å²) in [6, 6.07) is 19.8. The predicted molar refractivity (Wildman–Crippen MR) is 113 cm³/mol. The Bertz CT molecular complexity index is 1060. The molecule has 0 aliphatic carbocycles. The fraction of sp³-hybridized carbons (Fsp3) is 0.182. The van der Waals surface area contributed by atoms with Crippen LogP contribution in [0.2, 0.25) is 0 Å². The molecule has 0 bridgehead atoms. The SMILES string of the molecule is COC(=O)c1cccc(-n2c(C)cc([C@H]3NN=C(c4ccccc4)S3)c2C)c1. The van der Waals surface area contributed by atoms with Crippen molar-refractivity contribution in [3.05, 3.63) is 88.7 Å². The molecule has 4 rings (SSSR count). The maximum Gasteiger partial charge on any atom is 0.337 e. The number of aryl methyl sites for hydroxylation is 1. The highest BCUT2D eigenvalue weighted by molar-refractivity contribution is 8.14. The third kappa shape index (κ3) is 3.31. The van der Waals surface area contributed by atoms with Gasteiger partial charge in [0.25, 0.3) is 0 Å². The molecule has 28 heavy (non-hydrogen) atoms. The number of hydrazone groups is 1. The van der Waals surface area contributed by atoms with Crippen molar-refractivity contribution < 1.29 is 9.53 Å². The molecule has 1 aliphatic heterocycles. The summed E-state index contributed by atoms with van der Waals surface area (Å²) in [5, 5.41) is 5.57. The van der Waals surface area contributed by atoms with E-state index in [1.165, 1.54) is 12.7 Å². The Kier molecular flexibility index (Phi) is 4.96. The number of hydrogen-bond donors (Lipinski definition) is 1. The summed E-state index contributed by atoms with van der Waals surface area (Å²) < 4.78 is 7.01. The lowest BCUT2D eigenvalue weighted by Gasteiger charge is -2.13. The molecular weight excluding hydrogens is 370 g/mol. The summed E-state index contributed by atoms with van der Waals surface area (Å²) in [6.07, 6.45) is 0. The van der Waals surface area contributed by atoms with Crippen molar-refractivity contribution in [2.24, 2.45) is 5.10 Å². The summed E-state index contributed by atoms with van der Waals surface area (Å²) in [7, 11) is 1.40. The molecule has 0 spiro atoms. The maximum atomic E-state index is 11.9. The number of thioether (sulfide) groups is 1. The van der Waals surface area contributed by atoms with Crippen LogP contribution in [0.3, 0.4) is 0 Å². The minimum Gasteiger partial charge on any atom is -0.465 e. The molecule has 0 amide bonds. The first kappa shape index (κ1) is 18.4. The van der Waals surface area contributed by atoms with Gasteiger partial charge in [0.1, 0.15) is 10.4 Å². The summed E-state index contributed by atoms with van der Waals surface area (Å²) in [6.45, 7) is 4.16. The standard InChI is InChI=1S/C22H21N3O2S/c1-14-12-19(21-24-23-20(28-21)16-8-5-4-6-9-16)15(2)25(14)18-11-7-10-17(13-18)22(26)27-3/h4-13,21,24H,1-3H3/t21-/m0/s1. The molecule has 0 radical (unpaired) electrons. The minimum absolute atomic E-state index is 0.0546. The molecule has 0 unspecified atom stereocenters. The van der Waals surface area contributed by atoms with E-state index in [1.54, 1.807) is 17.8 Å². The van der Waals surface area contributed by atoms with Gasteiger partial charge in [0.05, 0.1) is 12.7 Å². The van der Waals surface area contributed by atoms with Crippen molar-refractivity contribution >= 4 is 22.8 Å². The normalized spacial score (nSPS) is 15.8. The van der Waals surface area contributed by atoms with Crippen LogP contribution in [-0.2, 0) is 4.74 Å².